The minimum Gasteiger partial charge on any atom is -0.487 e. The van der Waals surface area contributed by atoms with Gasteiger partial charge in [0.25, 0.3) is 0 Å². The maximum Gasteiger partial charge on any atom is 0.139 e. The number of para-hydroxylation sites is 1. The summed E-state index contributed by atoms with van der Waals surface area (Å²) >= 11 is 0. The number of nitrogens with zero attached hydrogens (tertiary/aromatic N) is 2. The molecule has 2 heterocycles. The number of rotatable bonds is 3. The van der Waals surface area contributed by atoms with Crippen LogP contribution in [0.25, 0.3) is 5.65 Å². The van der Waals surface area contributed by atoms with Gasteiger partial charge < -0.3 is 14.9 Å². The summed E-state index contributed by atoms with van der Waals surface area (Å²) in [4.78, 5) is 4.29. The zero-order valence-corrected chi connectivity index (χ0v) is 9.78. The summed E-state index contributed by atoms with van der Waals surface area (Å²) in [5, 5.41) is 0. The molecule has 4 heteroatoms. The molecule has 90 valence electrons. The van der Waals surface area contributed by atoms with Crippen molar-refractivity contribution in [3.8, 4) is 5.75 Å². The molecule has 0 aliphatic heterocycles. The average molecular weight is 239 g/mol. The molecule has 0 spiro atoms. The number of aromatic nitrogens is 2. The van der Waals surface area contributed by atoms with Crippen molar-refractivity contribution < 1.29 is 4.74 Å². The summed E-state index contributed by atoms with van der Waals surface area (Å²) in [5.41, 5.74) is 8.25. The molecule has 0 saturated heterocycles. The van der Waals surface area contributed by atoms with Gasteiger partial charge in [-0.2, -0.15) is 0 Å². The van der Waals surface area contributed by atoms with Gasteiger partial charge in [-0.25, -0.2) is 4.98 Å². The highest BCUT2D eigenvalue weighted by atomic mass is 16.5. The molecule has 3 aromatic rings. The van der Waals surface area contributed by atoms with E-state index in [9.17, 15) is 0 Å². The SMILES string of the molecule is Nc1ccn2c(COc3ccccc3)cnc2c1. The third-order valence-electron chi connectivity index (χ3n) is 2.74. The maximum absolute atomic E-state index is 5.71. The molecule has 0 aliphatic rings. The molecule has 4 nitrogen and oxygen atoms in total. The molecule has 0 atom stereocenters. The molecule has 0 amide bonds. The van der Waals surface area contributed by atoms with E-state index < -0.39 is 0 Å². The van der Waals surface area contributed by atoms with Gasteiger partial charge in [0.2, 0.25) is 0 Å². The maximum atomic E-state index is 5.71. The highest BCUT2D eigenvalue weighted by molar-refractivity contribution is 5.52. The predicted octanol–water partition coefficient (Wildman–Crippen LogP) is 2.50. The number of hydrogen-bond donors (Lipinski definition) is 1. The van der Waals surface area contributed by atoms with Crippen LogP contribution in [0.5, 0.6) is 5.75 Å². The molecule has 0 fully saturated rings. The van der Waals surface area contributed by atoms with E-state index in [1.165, 1.54) is 0 Å². The van der Waals surface area contributed by atoms with Gasteiger partial charge >= 0.3 is 0 Å². The van der Waals surface area contributed by atoms with Crippen LogP contribution in [0.15, 0.2) is 54.9 Å². The first-order valence-corrected chi connectivity index (χ1v) is 5.72. The van der Waals surface area contributed by atoms with Crippen molar-refractivity contribution in [2.24, 2.45) is 0 Å². The second-order valence-corrected chi connectivity index (χ2v) is 4.04. The first-order valence-electron chi connectivity index (χ1n) is 5.72. The Hall–Kier alpha value is -2.49. The largest absolute Gasteiger partial charge is 0.487 e. The second kappa shape index (κ2) is 4.41. The van der Waals surface area contributed by atoms with Gasteiger partial charge in [0.1, 0.15) is 18.0 Å². The summed E-state index contributed by atoms with van der Waals surface area (Å²) in [6, 6.07) is 13.4. The normalized spacial score (nSPS) is 10.7. The standard InChI is InChI=1S/C14H13N3O/c15-11-6-7-17-12(9-16-14(17)8-11)10-18-13-4-2-1-3-5-13/h1-9H,10,15H2. The Labute approximate surface area is 105 Å². The fourth-order valence-electron chi connectivity index (χ4n) is 1.83. The number of nitrogens with two attached hydrogens (primary N) is 1. The van der Waals surface area contributed by atoms with Gasteiger partial charge in [-0.05, 0) is 18.2 Å². The molecule has 0 saturated carbocycles. The van der Waals surface area contributed by atoms with Gasteiger partial charge in [0.15, 0.2) is 0 Å². The smallest absolute Gasteiger partial charge is 0.139 e. The topological polar surface area (TPSA) is 52.5 Å². The highest BCUT2D eigenvalue weighted by Gasteiger charge is 2.03. The lowest BCUT2D eigenvalue weighted by molar-refractivity contribution is 0.300. The van der Waals surface area contributed by atoms with Crippen LogP contribution >= 0.6 is 0 Å². The summed E-state index contributed by atoms with van der Waals surface area (Å²) in [6.07, 6.45) is 3.71. The lowest BCUT2D eigenvalue weighted by atomic mass is 10.3. The quantitative estimate of drug-likeness (QED) is 0.764. The first-order chi connectivity index (χ1) is 8.83. The third-order valence-corrected chi connectivity index (χ3v) is 2.74. The Balaban J connectivity index is 1.83. The number of nitrogen functional groups attached to an aromatic ring is 1. The van der Waals surface area contributed by atoms with Crippen LogP contribution in [0.1, 0.15) is 5.69 Å². The molecule has 18 heavy (non-hydrogen) atoms. The van der Waals surface area contributed by atoms with Crippen molar-refractivity contribution in [1.29, 1.82) is 0 Å². The van der Waals surface area contributed by atoms with Crippen LogP contribution in [0.3, 0.4) is 0 Å². The Kier molecular flexibility index (Phi) is 2.61. The number of benzene rings is 1. The Morgan fingerprint density at radius 1 is 1.17 bits per heavy atom. The van der Waals surface area contributed by atoms with Crippen molar-refractivity contribution in [3.63, 3.8) is 0 Å². The van der Waals surface area contributed by atoms with Crippen molar-refractivity contribution in [3.05, 3.63) is 60.6 Å². The Bertz CT molecular complexity index is 661. The van der Waals surface area contributed by atoms with Gasteiger partial charge in [0, 0.05) is 18.0 Å². The molecule has 0 radical (unpaired) electrons. The van der Waals surface area contributed by atoms with Crippen molar-refractivity contribution >= 4 is 11.3 Å². The van der Waals surface area contributed by atoms with E-state index in [2.05, 4.69) is 4.98 Å². The third kappa shape index (κ3) is 2.00. The minimum absolute atomic E-state index is 0.481. The van der Waals surface area contributed by atoms with Gasteiger partial charge in [-0.15, -0.1) is 0 Å². The Morgan fingerprint density at radius 2 is 2.00 bits per heavy atom. The zero-order chi connectivity index (χ0) is 12.4. The van der Waals surface area contributed by atoms with E-state index in [1.54, 1.807) is 6.20 Å². The number of pyridine rings is 1. The lowest BCUT2D eigenvalue weighted by Crippen LogP contribution is -1.99. The van der Waals surface area contributed by atoms with Crippen molar-refractivity contribution in [2.75, 3.05) is 5.73 Å². The van der Waals surface area contributed by atoms with Crippen LogP contribution in [0.4, 0.5) is 5.69 Å². The van der Waals surface area contributed by atoms with Gasteiger partial charge in [-0.1, -0.05) is 18.2 Å². The van der Waals surface area contributed by atoms with Crippen molar-refractivity contribution in [1.82, 2.24) is 9.38 Å². The summed E-state index contributed by atoms with van der Waals surface area (Å²) in [6.45, 7) is 0.481. The van der Waals surface area contributed by atoms with Crippen LogP contribution in [-0.2, 0) is 6.61 Å². The fourth-order valence-corrected chi connectivity index (χ4v) is 1.83. The summed E-state index contributed by atoms with van der Waals surface area (Å²) in [7, 11) is 0. The molecular weight excluding hydrogens is 226 g/mol. The van der Waals surface area contributed by atoms with Crippen molar-refractivity contribution in [2.45, 2.75) is 6.61 Å². The molecule has 3 rings (SSSR count). The van der Waals surface area contributed by atoms with E-state index in [4.69, 9.17) is 10.5 Å². The van der Waals surface area contributed by atoms with Gasteiger partial charge in [-0.3, -0.25) is 0 Å². The molecule has 0 aliphatic carbocycles. The van der Waals surface area contributed by atoms with E-state index in [0.717, 1.165) is 17.1 Å². The number of ether oxygens (including phenoxy) is 1. The van der Waals surface area contributed by atoms with Crippen LogP contribution in [0.2, 0.25) is 0 Å². The van der Waals surface area contributed by atoms with Crippen LogP contribution < -0.4 is 10.5 Å². The second-order valence-electron chi connectivity index (χ2n) is 4.04. The molecule has 1 aromatic carbocycles. The number of anilines is 1. The zero-order valence-electron chi connectivity index (χ0n) is 9.78. The molecule has 0 unspecified atom stereocenters. The summed E-state index contributed by atoms with van der Waals surface area (Å²) in [5.74, 6) is 0.850. The monoisotopic (exact) mass is 239 g/mol. The van der Waals surface area contributed by atoms with Crippen LogP contribution in [0, 0.1) is 0 Å². The highest BCUT2D eigenvalue weighted by Crippen LogP contribution is 2.14. The summed E-state index contributed by atoms with van der Waals surface area (Å²) < 4.78 is 7.67. The molecule has 2 aromatic heterocycles. The minimum atomic E-state index is 0.481. The molecule has 2 N–H and O–H groups in total. The fraction of sp³-hybridized carbons (Fsp3) is 0.0714. The van der Waals surface area contributed by atoms with Crippen LogP contribution in [-0.4, -0.2) is 9.38 Å². The number of imidazole rings is 1. The molecule has 0 bridgehead atoms. The Morgan fingerprint density at radius 3 is 2.83 bits per heavy atom. The van der Waals surface area contributed by atoms with E-state index in [1.807, 2.05) is 53.1 Å². The average Bonchev–Trinajstić information content (AvgIpc) is 2.80. The number of fused-ring (bicyclic) bond motifs is 1. The van der Waals surface area contributed by atoms with Gasteiger partial charge in [0.05, 0.1) is 11.9 Å². The first kappa shape index (κ1) is 10.7. The van der Waals surface area contributed by atoms with E-state index in [0.29, 0.717) is 12.3 Å². The predicted molar refractivity (Wildman–Crippen MR) is 70.4 cm³/mol. The van der Waals surface area contributed by atoms with E-state index >= 15 is 0 Å². The number of hydrogen-bond acceptors (Lipinski definition) is 3. The van der Waals surface area contributed by atoms with E-state index in [-0.39, 0.29) is 0 Å². The molecular formula is C14H13N3O. The lowest BCUT2D eigenvalue weighted by Gasteiger charge is -2.05.